The topological polar surface area (TPSA) is 157 Å². The molecule has 10 nitrogen and oxygen atoms in total. The molecule has 5 aromatic carbocycles. The molecule has 10 heteroatoms. The van der Waals surface area contributed by atoms with Gasteiger partial charge in [-0.05, 0) is 76.3 Å². The lowest BCUT2D eigenvalue weighted by Gasteiger charge is -2.12. The molecule has 0 aliphatic carbocycles. The van der Waals surface area contributed by atoms with E-state index < -0.39 is 48.9 Å². The first-order chi connectivity index (χ1) is 22.5. The van der Waals surface area contributed by atoms with Crippen LogP contribution in [0.15, 0.2) is 103 Å². The Bertz CT molecular complexity index is 1880. The lowest BCUT2D eigenvalue weighted by Crippen LogP contribution is -2.20. The van der Waals surface area contributed by atoms with Crippen molar-refractivity contribution < 1.29 is 48.7 Å². The van der Waals surface area contributed by atoms with Gasteiger partial charge in [0.1, 0.15) is 18.1 Å². The van der Waals surface area contributed by atoms with Crippen molar-refractivity contribution in [3.63, 3.8) is 0 Å². The van der Waals surface area contributed by atoms with Gasteiger partial charge in [0.15, 0.2) is 13.2 Å². The minimum atomic E-state index is -1.18. The molecular formula is C37H34O10. The Morgan fingerprint density at radius 3 is 1.51 bits per heavy atom. The first-order valence-corrected chi connectivity index (χ1v) is 14.7. The lowest BCUT2D eigenvalue weighted by molar-refractivity contribution is -0.160. The standard InChI is InChI=1S/C22H20O5.C15H14O5/c1-15(17-7-8-19-12-20(23)10-9-18(19)11-17)22(25)27-14-21(24)26-13-16-5-3-2-4-6-16;1-9(15(19)20-8-14(17)18)10-2-3-12-7-13(16)5-4-11(12)6-10/h2-12,15,23H,13-14H2,1H3;2-7,9,16H,8H2,1H3,(H,17,18). The average molecular weight is 639 g/mol. The largest absolute Gasteiger partial charge is 0.508 e. The van der Waals surface area contributed by atoms with Crippen LogP contribution in [0.2, 0.25) is 0 Å². The Hall–Kier alpha value is -5.90. The number of rotatable bonds is 10. The Morgan fingerprint density at radius 1 is 0.574 bits per heavy atom. The zero-order valence-electron chi connectivity index (χ0n) is 25.8. The number of ether oxygens (including phenoxy) is 3. The zero-order chi connectivity index (χ0) is 33.9. The molecule has 3 N–H and O–H groups in total. The summed E-state index contributed by atoms with van der Waals surface area (Å²) in [7, 11) is 0. The summed E-state index contributed by atoms with van der Waals surface area (Å²) in [5, 5.41) is 30.9. The number of hydrogen-bond acceptors (Lipinski definition) is 9. The van der Waals surface area contributed by atoms with Crippen LogP contribution in [0.5, 0.6) is 11.5 Å². The van der Waals surface area contributed by atoms with Crippen molar-refractivity contribution in [2.24, 2.45) is 0 Å². The monoisotopic (exact) mass is 638 g/mol. The summed E-state index contributed by atoms with van der Waals surface area (Å²) in [6, 6.07) is 30.2. The van der Waals surface area contributed by atoms with Crippen molar-refractivity contribution in [1.29, 1.82) is 0 Å². The van der Waals surface area contributed by atoms with Crippen LogP contribution in [0.25, 0.3) is 21.5 Å². The first-order valence-electron chi connectivity index (χ1n) is 14.7. The van der Waals surface area contributed by atoms with Crippen molar-refractivity contribution in [2.45, 2.75) is 32.3 Å². The molecule has 2 unspecified atom stereocenters. The van der Waals surface area contributed by atoms with Gasteiger partial charge in [-0.1, -0.05) is 78.9 Å². The number of phenols is 2. The maximum absolute atomic E-state index is 12.2. The summed E-state index contributed by atoms with van der Waals surface area (Å²) < 4.78 is 14.9. The Labute approximate surface area is 270 Å². The molecule has 0 aliphatic heterocycles. The maximum atomic E-state index is 12.2. The lowest BCUT2D eigenvalue weighted by atomic mass is 9.98. The van der Waals surface area contributed by atoms with Crippen LogP contribution in [-0.2, 0) is 40.0 Å². The second-order valence-electron chi connectivity index (χ2n) is 10.8. The molecular weight excluding hydrogens is 604 g/mol. The smallest absolute Gasteiger partial charge is 0.344 e. The number of carboxylic acids is 1. The summed E-state index contributed by atoms with van der Waals surface area (Å²) in [5.74, 6) is -3.54. The molecule has 0 saturated carbocycles. The third-order valence-electron chi connectivity index (χ3n) is 7.32. The van der Waals surface area contributed by atoms with E-state index >= 15 is 0 Å². The van der Waals surface area contributed by atoms with Gasteiger partial charge in [-0.25, -0.2) is 9.59 Å². The molecule has 0 radical (unpaired) electrons. The number of carboxylic acid groups (broad SMARTS) is 1. The van der Waals surface area contributed by atoms with E-state index in [2.05, 4.69) is 4.74 Å². The third kappa shape index (κ3) is 9.79. The number of hydrogen-bond donors (Lipinski definition) is 3. The predicted molar refractivity (Wildman–Crippen MR) is 174 cm³/mol. The number of carbonyl (C=O) groups excluding carboxylic acids is 3. The highest BCUT2D eigenvalue weighted by molar-refractivity contribution is 5.88. The Kier molecular flexibility index (Phi) is 11.5. The van der Waals surface area contributed by atoms with Crippen LogP contribution < -0.4 is 0 Å². The maximum Gasteiger partial charge on any atom is 0.344 e. The van der Waals surface area contributed by atoms with Gasteiger partial charge in [0.25, 0.3) is 0 Å². The van der Waals surface area contributed by atoms with E-state index in [9.17, 15) is 29.4 Å². The molecule has 0 aromatic heterocycles. The minimum absolute atomic E-state index is 0.143. The highest BCUT2D eigenvalue weighted by atomic mass is 16.6. The van der Waals surface area contributed by atoms with E-state index in [1.165, 1.54) is 0 Å². The molecule has 5 rings (SSSR count). The summed E-state index contributed by atoms with van der Waals surface area (Å²) in [6.45, 7) is 2.47. The van der Waals surface area contributed by atoms with Gasteiger partial charge in [0.05, 0.1) is 11.8 Å². The van der Waals surface area contributed by atoms with E-state index in [4.69, 9.17) is 14.6 Å². The fourth-order valence-corrected chi connectivity index (χ4v) is 4.61. The van der Waals surface area contributed by atoms with Crippen LogP contribution in [0.4, 0.5) is 0 Å². The quantitative estimate of drug-likeness (QED) is 0.119. The summed E-state index contributed by atoms with van der Waals surface area (Å²) in [6.07, 6.45) is 0. The second kappa shape index (κ2) is 15.9. The van der Waals surface area contributed by atoms with Crippen LogP contribution >= 0.6 is 0 Å². The first kappa shape index (κ1) is 34.0. The second-order valence-corrected chi connectivity index (χ2v) is 10.8. The van der Waals surface area contributed by atoms with Crippen molar-refractivity contribution in [1.82, 2.24) is 0 Å². The Morgan fingerprint density at radius 2 is 1.02 bits per heavy atom. The van der Waals surface area contributed by atoms with Gasteiger partial charge in [-0.2, -0.15) is 0 Å². The molecule has 0 saturated heterocycles. The summed E-state index contributed by atoms with van der Waals surface area (Å²) >= 11 is 0. The van der Waals surface area contributed by atoms with E-state index in [1.54, 1.807) is 68.4 Å². The van der Waals surface area contributed by atoms with Crippen molar-refractivity contribution >= 4 is 45.4 Å². The SMILES string of the molecule is CC(C(=O)OCC(=O)O)c1ccc2cc(O)ccc2c1.CC(C(=O)OCC(=O)OCc1ccccc1)c1ccc2cc(O)ccc2c1. The van der Waals surface area contributed by atoms with Gasteiger partial charge < -0.3 is 29.5 Å². The molecule has 0 spiro atoms. The van der Waals surface area contributed by atoms with E-state index in [0.717, 1.165) is 38.2 Å². The number of aliphatic carboxylic acids is 1. The molecule has 242 valence electrons. The molecule has 0 fully saturated rings. The number of carbonyl (C=O) groups is 4. The average Bonchev–Trinajstić information content (AvgIpc) is 3.08. The minimum Gasteiger partial charge on any atom is -0.508 e. The van der Waals surface area contributed by atoms with Crippen LogP contribution in [0, 0.1) is 0 Å². The van der Waals surface area contributed by atoms with Crippen molar-refractivity contribution in [2.75, 3.05) is 13.2 Å². The van der Waals surface area contributed by atoms with Gasteiger partial charge >= 0.3 is 23.9 Å². The van der Waals surface area contributed by atoms with Gasteiger partial charge in [-0.15, -0.1) is 0 Å². The number of benzene rings is 5. The zero-order valence-corrected chi connectivity index (χ0v) is 25.8. The van der Waals surface area contributed by atoms with Gasteiger partial charge in [0.2, 0.25) is 0 Å². The fraction of sp³-hybridized carbons (Fsp3) is 0.189. The molecule has 5 aromatic rings. The summed E-state index contributed by atoms with van der Waals surface area (Å²) in [5.41, 5.74) is 2.38. The molecule has 0 amide bonds. The van der Waals surface area contributed by atoms with Crippen LogP contribution in [0.1, 0.15) is 42.4 Å². The Balaban J connectivity index is 0.000000223. The van der Waals surface area contributed by atoms with Crippen LogP contribution in [-0.4, -0.2) is 52.4 Å². The summed E-state index contributed by atoms with van der Waals surface area (Å²) in [4.78, 5) is 46.1. The fourth-order valence-electron chi connectivity index (χ4n) is 4.61. The van der Waals surface area contributed by atoms with Crippen molar-refractivity contribution in [3.05, 3.63) is 120 Å². The molecule has 0 aliphatic rings. The van der Waals surface area contributed by atoms with E-state index in [-0.39, 0.29) is 18.1 Å². The van der Waals surface area contributed by atoms with Crippen LogP contribution in [0.3, 0.4) is 0 Å². The van der Waals surface area contributed by atoms with Gasteiger partial charge in [-0.3, -0.25) is 9.59 Å². The highest BCUT2D eigenvalue weighted by Crippen LogP contribution is 2.26. The number of aromatic hydroxyl groups is 2. The highest BCUT2D eigenvalue weighted by Gasteiger charge is 2.20. The van der Waals surface area contributed by atoms with E-state index in [1.807, 2.05) is 48.5 Å². The number of fused-ring (bicyclic) bond motifs is 2. The number of phenolic OH excluding ortho intramolecular Hbond substituents is 2. The van der Waals surface area contributed by atoms with E-state index in [0.29, 0.717) is 0 Å². The predicted octanol–water partition coefficient (Wildman–Crippen LogP) is 6.21. The third-order valence-corrected chi connectivity index (χ3v) is 7.32. The number of esters is 3. The molecule has 2 atom stereocenters. The van der Waals surface area contributed by atoms with Gasteiger partial charge in [0, 0.05) is 0 Å². The molecule has 0 heterocycles. The molecule has 47 heavy (non-hydrogen) atoms. The normalized spacial score (nSPS) is 11.9. The molecule has 0 bridgehead atoms. The van der Waals surface area contributed by atoms with Crippen molar-refractivity contribution in [3.8, 4) is 11.5 Å².